The Morgan fingerprint density at radius 3 is 2.17 bits per heavy atom. The highest BCUT2D eigenvalue weighted by molar-refractivity contribution is 7.92. The Morgan fingerprint density at radius 1 is 0.851 bits per heavy atom. The Bertz CT molecular complexity index is 1750. The molecule has 1 saturated carbocycles. The molecule has 0 spiro atoms. The number of benzene rings is 4. The van der Waals surface area contributed by atoms with Gasteiger partial charge in [0.2, 0.25) is 11.8 Å². The van der Waals surface area contributed by atoms with Crippen LogP contribution in [0.2, 0.25) is 5.02 Å². The summed E-state index contributed by atoms with van der Waals surface area (Å²) in [5.74, 6) is -0.218. The largest absolute Gasteiger partial charge is 0.497 e. The fourth-order valence-electron chi connectivity index (χ4n) is 5.95. The van der Waals surface area contributed by atoms with Crippen molar-refractivity contribution in [1.82, 2.24) is 10.2 Å². The predicted octanol–water partition coefficient (Wildman–Crippen LogP) is 6.63. The van der Waals surface area contributed by atoms with Crippen LogP contribution >= 0.6 is 11.6 Å². The molecule has 0 aliphatic heterocycles. The normalized spacial score (nSPS) is 14.2. The molecule has 10 heteroatoms. The Hall–Kier alpha value is -4.34. The summed E-state index contributed by atoms with van der Waals surface area (Å²) in [6.07, 6.45) is 5.20. The van der Waals surface area contributed by atoms with Crippen molar-refractivity contribution in [1.29, 1.82) is 0 Å². The second-order valence-corrected chi connectivity index (χ2v) is 14.0. The predicted molar refractivity (Wildman–Crippen MR) is 185 cm³/mol. The maximum atomic E-state index is 14.7. The van der Waals surface area contributed by atoms with Crippen LogP contribution in [0.3, 0.4) is 0 Å². The summed E-state index contributed by atoms with van der Waals surface area (Å²) in [4.78, 5) is 30.4. The number of halogens is 1. The van der Waals surface area contributed by atoms with Crippen molar-refractivity contribution in [3.63, 3.8) is 0 Å². The highest BCUT2D eigenvalue weighted by atomic mass is 35.5. The smallest absolute Gasteiger partial charge is 0.264 e. The Kier molecular flexibility index (Phi) is 11.6. The zero-order chi connectivity index (χ0) is 33.2. The molecule has 1 aliphatic rings. The van der Waals surface area contributed by atoms with Crippen LogP contribution in [0.15, 0.2) is 114 Å². The highest BCUT2D eigenvalue weighted by Gasteiger charge is 2.36. The number of carbonyl (C=O) groups is 2. The van der Waals surface area contributed by atoms with Crippen molar-refractivity contribution in [3.8, 4) is 5.75 Å². The molecule has 0 bridgehead atoms. The molecule has 4 aromatic carbocycles. The molecule has 4 aromatic rings. The van der Waals surface area contributed by atoms with Gasteiger partial charge in [-0.15, -0.1) is 0 Å². The Balaban J connectivity index is 1.57. The quantitative estimate of drug-likeness (QED) is 0.172. The lowest BCUT2D eigenvalue weighted by atomic mass is 9.94. The summed E-state index contributed by atoms with van der Waals surface area (Å²) >= 11 is 6.56. The maximum Gasteiger partial charge on any atom is 0.264 e. The number of amides is 2. The number of carbonyl (C=O) groups excluding carboxylic acids is 2. The average Bonchev–Trinajstić information content (AvgIpc) is 3.10. The topological polar surface area (TPSA) is 96.0 Å². The third-order valence-electron chi connectivity index (χ3n) is 8.44. The van der Waals surface area contributed by atoms with Gasteiger partial charge in [0.1, 0.15) is 18.3 Å². The van der Waals surface area contributed by atoms with Gasteiger partial charge in [-0.3, -0.25) is 13.9 Å². The molecule has 5 rings (SSSR count). The molecule has 0 radical (unpaired) electrons. The second kappa shape index (κ2) is 16.0. The van der Waals surface area contributed by atoms with E-state index in [0.29, 0.717) is 5.75 Å². The minimum Gasteiger partial charge on any atom is -0.497 e. The summed E-state index contributed by atoms with van der Waals surface area (Å²) < 4.78 is 34.8. The fourth-order valence-corrected chi connectivity index (χ4v) is 7.69. The summed E-state index contributed by atoms with van der Waals surface area (Å²) in [5.41, 5.74) is 1.77. The van der Waals surface area contributed by atoms with Gasteiger partial charge in [-0.05, 0) is 60.4 Å². The number of hydrogen-bond acceptors (Lipinski definition) is 5. The third kappa shape index (κ3) is 8.73. The minimum absolute atomic E-state index is 0.0152. The van der Waals surface area contributed by atoms with Gasteiger partial charge in [-0.2, -0.15) is 0 Å². The molecule has 0 aromatic heterocycles. The van der Waals surface area contributed by atoms with Crippen molar-refractivity contribution in [3.05, 3.63) is 125 Å². The third-order valence-corrected chi connectivity index (χ3v) is 10.5. The lowest BCUT2D eigenvalue weighted by molar-refractivity contribution is -0.140. The number of hydrogen-bond donors (Lipinski definition) is 1. The van der Waals surface area contributed by atoms with Gasteiger partial charge in [0.25, 0.3) is 10.0 Å². The molecular weight excluding hydrogens is 634 g/mol. The van der Waals surface area contributed by atoms with Crippen LogP contribution in [0.4, 0.5) is 5.69 Å². The summed E-state index contributed by atoms with van der Waals surface area (Å²) in [5, 5.41) is 3.40. The molecule has 1 unspecified atom stereocenters. The van der Waals surface area contributed by atoms with Crippen molar-refractivity contribution in [2.24, 2.45) is 0 Å². The minimum atomic E-state index is -4.24. The zero-order valence-electron chi connectivity index (χ0n) is 26.4. The van der Waals surface area contributed by atoms with E-state index in [2.05, 4.69) is 5.32 Å². The molecule has 8 nitrogen and oxygen atoms in total. The van der Waals surface area contributed by atoms with Crippen LogP contribution in [-0.2, 0) is 32.6 Å². The summed E-state index contributed by atoms with van der Waals surface area (Å²) in [6.45, 7) is -0.527. The lowest BCUT2D eigenvalue weighted by Gasteiger charge is -2.35. The van der Waals surface area contributed by atoms with E-state index in [4.69, 9.17) is 16.3 Å². The monoisotopic (exact) mass is 673 g/mol. The molecule has 1 aliphatic carbocycles. The van der Waals surface area contributed by atoms with Gasteiger partial charge in [0.05, 0.1) is 22.7 Å². The van der Waals surface area contributed by atoms with E-state index < -0.39 is 28.5 Å². The van der Waals surface area contributed by atoms with Gasteiger partial charge in [-0.25, -0.2) is 8.42 Å². The van der Waals surface area contributed by atoms with E-state index in [1.165, 1.54) is 17.0 Å². The standard InChI is InChI=1S/C37H40ClN3O5S/c1-46-31-19-13-16-29(24-31)26-40(35(25-28-14-5-2-6-15-28)37(43)39-30-17-7-3-8-18-30)36(42)27-41(34-23-12-11-22-33(34)38)47(44,45)32-20-9-4-10-21-32/h2,4-6,9-16,19-24,30,35H,3,7-8,17-18,25-27H2,1H3,(H,39,43). The van der Waals surface area contributed by atoms with Crippen molar-refractivity contribution in [2.45, 2.75) is 62.0 Å². The first-order valence-electron chi connectivity index (χ1n) is 15.9. The highest BCUT2D eigenvalue weighted by Crippen LogP contribution is 2.31. The lowest BCUT2D eigenvalue weighted by Crippen LogP contribution is -2.55. The van der Waals surface area contributed by atoms with E-state index in [1.807, 2.05) is 48.5 Å². The van der Waals surface area contributed by atoms with Gasteiger partial charge >= 0.3 is 0 Å². The first-order valence-corrected chi connectivity index (χ1v) is 17.7. The first-order chi connectivity index (χ1) is 22.8. The van der Waals surface area contributed by atoms with Gasteiger partial charge < -0.3 is 15.0 Å². The van der Waals surface area contributed by atoms with Crippen molar-refractivity contribution < 1.29 is 22.7 Å². The number of sulfonamides is 1. The van der Waals surface area contributed by atoms with Crippen LogP contribution in [0.1, 0.15) is 43.2 Å². The van der Waals surface area contributed by atoms with E-state index in [1.54, 1.807) is 55.6 Å². The molecule has 0 saturated heterocycles. The van der Waals surface area contributed by atoms with E-state index >= 15 is 0 Å². The molecule has 2 amide bonds. The molecule has 1 N–H and O–H groups in total. The average molecular weight is 674 g/mol. The molecule has 1 fully saturated rings. The second-order valence-electron chi connectivity index (χ2n) is 11.7. The van der Waals surface area contributed by atoms with Crippen LogP contribution in [-0.4, -0.2) is 50.9 Å². The zero-order valence-corrected chi connectivity index (χ0v) is 28.0. The van der Waals surface area contributed by atoms with Gasteiger partial charge in [0.15, 0.2) is 0 Å². The number of rotatable bonds is 13. The number of para-hydroxylation sites is 1. The maximum absolute atomic E-state index is 14.7. The number of ether oxygens (including phenoxy) is 1. The SMILES string of the molecule is COc1cccc(CN(C(=O)CN(c2ccccc2Cl)S(=O)(=O)c2ccccc2)C(Cc2ccccc2)C(=O)NC2CCCCC2)c1. The number of anilines is 1. The van der Waals surface area contributed by atoms with E-state index in [0.717, 1.165) is 47.5 Å². The van der Waals surface area contributed by atoms with Crippen LogP contribution in [0.5, 0.6) is 5.75 Å². The number of methoxy groups -OCH3 is 1. The van der Waals surface area contributed by atoms with E-state index in [9.17, 15) is 18.0 Å². The fraction of sp³-hybridized carbons (Fsp3) is 0.297. The molecule has 47 heavy (non-hydrogen) atoms. The summed E-state index contributed by atoms with van der Waals surface area (Å²) in [6, 6.07) is 30.4. The van der Waals surface area contributed by atoms with E-state index in [-0.39, 0.29) is 40.5 Å². The number of nitrogens with one attached hydrogen (secondary N) is 1. The first kappa shape index (κ1) is 34.0. The van der Waals surface area contributed by atoms with Gasteiger partial charge in [0, 0.05) is 19.0 Å². The van der Waals surface area contributed by atoms with Crippen molar-refractivity contribution >= 4 is 39.1 Å². The molecule has 0 heterocycles. The number of nitrogens with zero attached hydrogens (tertiary/aromatic N) is 2. The van der Waals surface area contributed by atoms with Crippen LogP contribution in [0.25, 0.3) is 0 Å². The van der Waals surface area contributed by atoms with Crippen LogP contribution < -0.4 is 14.4 Å². The van der Waals surface area contributed by atoms with Crippen LogP contribution in [0, 0.1) is 0 Å². The molecule has 1 atom stereocenters. The van der Waals surface area contributed by atoms with Gasteiger partial charge in [-0.1, -0.05) is 104 Å². The van der Waals surface area contributed by atoms with Crippen molar-refractivity contribution in [2.75, 3.05) is 18.0 Å². The summed E-state index contributed by atoms with van der Waals surface area (Å²) in [7, 11) is -2.67. The molecule has 246 valence electrons. The Labute approximate surface area is 282 Å². The molecular formula is C37H40ClN3O5S. The Morgan fingerprint density at radius 2 is 1.49 bits per heavy atom.